The molecule has 4 nitrogen and oxygen atoms in total. The molecule has 0 aliphatic carbocycles. The third kappa shape index (κ3) is 3.35. The highest BCUT2D eigenvalue weighted by molar-refractivity contribution is 5.94. The fourth-order valence-electron chi connectivity index (χ4n) is 2.33. The molecule has 1 amide bonds. The van der Waals surface area contributed by atoms with Gasteiger partial charge in [0, 0.05) is 17.5 Å². The average Bonchev–Trinajstić information content (AvgIpc) is 2.59. The molecule has 116 valence electrons. The molecule has 0 fully saturated rings. The molecule has 1 atom stereocenters. The third-order valence-electron chi connectivity index (χ3n) is 3.55. The molecule has 0 aliphatic heterocycles. The molecule has 0 spiro atoms. The number of aromatic nitrogens is 1. The van der Waals surface area contributed by atoms with Gasteiger partial charge in [-0.05, 0) is 18.2 Å². The molecule has 0 bridgehead atoms. The molecule has 1 unspecified atom stereocenters. The number of pyridine rings is 1. The Morgan fingerprint density at radius 2 is 1.83 bits per heavy atom. The van der Waals surface area contributed by atoms with Gasteiger partial charge < -0.3 is 10.4 Å². The predicted molar refractivity (Wildman–Crippen MR) is 85.4 cm³/mol. The van der Waals surface area contributed by atoms with Gasteiger partial charge in [-0.15, -0.1) is 0 Å². The van der Waals surface area contributed by atoms with E-state index in [0.717, 1.165) is 10.9 Å². The number of rotatable bonds is 4. The van der Waals surface area contributed by atoms with E-state index in [1.54, 1.807) is 18.2 Å². The minimum atomic E-state index is -1.11. The summed E-state index contributed by atoms with van der Waals surface area (Å²) < 4.78 is 13.6. The largest absolute Gasteiger partial charge is 0.386 e. The minimum absolute atomic E-state index is 0.0890. The number of amides is 1. The summed E-state index contributed by atoms with van der Waals surface area (Å²) in [5.41, 5.74) is 1.12. The summed E-state index contributed by atoms with van der Waals surface area (Å²) in [4.78, 5) is 16.4. The molecule has 1 heterocycles. The van der Waals surface area contributed by atoms with E-state index < -0.39 is 17.8 Å². The van der Waals surface area contributed by atoms with Gasteiger partial charge in [0.1, 0.15) is 11.5 Å². The van der Waals surface area contributed by atoms with E-state index in [4.69, 9.17) is 0 Å². The molecule has 0 aliphatic rings. The lowest BCUT2D eigenvalue weighted by atomic mass is 10.1. The Hall–Kier alpha value is -2.79. The Labute approximate surface area is 132 Å². The fraction of sp³-hybridized carbons (Fsp3) is 0.111. The summed E-state index contributed by atoms with van der Waals surface area (Å²) in [6, 6.07) is 16.8. The zero-order valence-corrected chi connectivity index (χ0v) is 12.2. The van der Waals surface area contributed by atoms with E-state index in [1.165, 1.54) is 12.1 Å². The summed E-state index contributed by atoms with van der Waals surface area (Å²) in [5, 5.41) is 13.5. The first-order chi connectivity index (χ1) is 11.1. The van der Waals surface area contributed by atoms with E-state index in [-0.39, 0.29) is 17.8 Å². The van der Waals surface area contributed by atoms with Crippen molar-refractivity contribution >= 4 is 16.8 Å². The predicted octanol–water partition coefficient (Wildman–Crippen LogP) is 2.84. The van der Waals surface area contributed by atoms with Gasteiger partial charge in [0.15, 0.2) is 0 Å². The zero-order valence-electron chi connectivity index (χ0n) is 12.2. The molecular weight excluding hydrogens is 295 g/mol. The summed E-state index contributed by atoms with van der Waals surface area (Å²) in [7, 11) is 0. The number of nitrogens with one attached hydrogen (secondary N) is 1. The number of para-hydroxylation sites is 1. The van der Waals surface area contributed by atoms with Crippen molar-refractivity contribution in [2.24, 2.45) is 0 Å². The van der Waals surface area contributed by atoms with Crippen LogP contribution in [-0.2, 0) is 0 Å². The molecule has 2 N–H and O–H groups in total. The maximum Gasteiger partial charge on any atom is 0.270 e. The van der Waals surface area contributed by atoms with Crippen LogP contribution in [0.4, 0.5) is 4.39 Å². The van der Waals surface area contributed by atoms with Gasteiger partial charge in [-0.3, -0.25) is 4.79 Å². The lowest BCUT2D eigenvalue weighted by Gasteiger charge is -2.13. The van der Waals surface area contributed by atoms with E-state index in [1.807, 2.05) is 30.3 Å². The second-order valence-corrected chi connectivity index (χ2v) is 5.14. The topological polar surface area (TPSA) is 62.2 Å². The van der Waals surface area contributed by atoms with Gasteiger partial charge in [0.25, 0.3) is 5.91 Å². The molecule has 0 saturated heterocycles. The van der Waals surface area contributed by atoms with Crippen LogP contribution >= 0.6 is 0 Å². The second-order valence-electron chi connectivity index (χ2n) is 5.14. The summed E-state index contributed by atoms with van der Waals surface area (Å²) in [5.74, 6) is -0.913. The second kappa shape index (κ2) is 6.54. The molecule has 3 aromatic rings. The van der Waals surface area contributed by atoms with Gasteiger partial charge >= 0.3 is 0 Å². The van der Waals surface area contributed by atoms with Gasteiger partial charge in [-0.25, -0.2) is 9.37 Å². The Balaban J connectivity index is 1.70. The number of halogens is 1. The SMILES string of the molecule is O=C(NCC(O)c1ccccc1F)c1ccc2ccccc2n1. The van der Waals surface area contributed by atoms with Gasteiger partial charge in [0.2, 0.25) is 0 Å². The highest BCUT2D eigenvalue weighted by Gasteiger charge is 2.14. The summed E-state index contributed by atoms with van der Waals surface area (Å²) in [6.07, 6.45) is -1.11. The first-order valence-corrected chi connectivity index (χ1v) is 7.21. The summed E-state index contributed by atoms with van der Waals surface area (Å²) in [6.45, 7) is -0.0890. The number of nitrogens with zero attached hydrogens (tertiary/aromatic N) is 1. The number of aliphatic hydroxyl groups is 1. The van der Waals surface area contributed by atoms with Crippen LogP contribution in [0.5, 0.6) is 0 Å². The highest BCUT2D eigenvalue weighted by Crippen LogP contribution is 2.16. The van der Waals surface area contributed by atoms with Gasteiger partial charge in [0.05, 0.1) is 11.6 Å². The van der Waals surface area contributed by atoms with Crippen LogP contribution in [0.15, 0.2) is 60.7 Å². The van der Waals surface area contributed by atoms with Crippen molar-refractivity contribution in [1.82, 2.24) is 10.3 Å². The van der Waals surface area contributed by atoms with Crippen molar-refractivity contribution in [2.45, 2.75) is 6.10 Å². The lowest BCUT2D eigenvalue weighted by Crippen LogP contribution is -2.29. The van der Waals surface area contributed by atoms with Crippen molar-refractivity contribution in [3.8, 4) is 0 Å². The Kier molecular flexibility index (Phi) is 4.30. The highest BCUT2D eigenvalue weighted by atomic mass is 19.1. The maximum atomic E-state index is 13.6. The van der Waals surface area contributed by atoms with Crippen molar-refractivity contribution in [1.29, 1.82) is 0 Å². The Morgan fingerprint density at radius 3 is 2.65 bits per heavy atom. The number of hydrogen-bond donors (Lipinski definition) is 2. The maximum absolute atomic E-state index is 13.6. The van der Waals surface area contributed by atoms with Crippen LogP contribution in [0, 0.1) is 5.82 Å². The average molecular weight is 310 g/mol. The van der Waals surface area contributed by atoms with Crippen molar-refractivity contribution in [3.05, 3.63) is 77.7 Å². The van der Waals surface area contributed by atoms with Crippen molar-refractivity contribution in [3.63, 3.8) is 0 Å². The van der Waals surface area contributed by atoms with E-state index in [9.17, 15) is 14.3 Å². The number of aliphatic hydroxyl groups excluding tert-OH is 1. The number of fused-ring (bicyclic) bond motifs is 1. The Morgan fingerprint density at radius 1 is 1.09 bits per heavy atom. The number of benzene rings is 2. The lowest BCUT2D eigenvalue weighted by molar-refractivity contribution is 0.0909. The van der Waals surface area contributed by atoms with Crippen LogP contribution in [-0.4, -0.2) is 22.5 Å². The molecule has 23 heavy (non-hydrogen) atoms. The standard InChI is InChI=1S/C18H15FN2O2/c19-14-7-3-2-6-13(14)17(22)11-20-18(23)16-10-9-12-5-1-4-8-15(12)21-16/h1-10,17,22H,11H2,(H,20,23). The first-order valence-electron chi connectivity index (χ1n) is 7.21. The summed E-state index contributed by atoms with van der Waals surface area (Å²) >= 11 is 0. The monoisotopic (exact) mass is 310 g/mol. The number of hydrogen-bond acceptors (Lipinski definition) is 3. The number of carbonyl (C=O) groups excluding carboxylic acids is 1. The van der Waals surface area contributed by atoms with Crippen LogP contribution < -0.4 is 5.32 Å². The normalized spacial score (nSPS) is 12.1. The van der Waals surface area contributed by atoms with Crippen LogP contribution in [0.3, 0.4) is 0 Å². The van der Waals surface area contributed by atoms with Crippen LogP contribution in [0.2, 0.25) is 0 Å². The third-order valence-corrected chi connectivity index (χ3v) is 3.55. The van der Waals surface area contributed by atoms with E-state index >= 15 is 0 Å². The quantitative estimate of drug-likeness (QED) is 0.779. The molecule has 5 heteroatoms. The molecule has 1 aromatic heterocycles. The van der Waals surface area contributed by atoms with Crippen LogP contribution in [0.1, 0.15) is 22.2 Å². The zero-order chi connectivity index (χ0) is 16.2. The molecule has 2 aromatic carbocycles. The van der Waals surface area contributed by atoms with E-state index in [2.05, 4.69) is 10.3 Å². The van der Waals surface area contributed by atoms with Crippen molar-refractivity contribution in [2.75, 3.05) is 6.54 Å². The molecular formula is C18H15FN2O2. The Bertz CT molecular complexity index is 851. The molecule has 0 radical (unpaired) electrons. The smallest absolute Gasteiger partial charge is 0.270 e. The first kappa shape index (κ1) is 15.1. The molecule has 0 saturated carbocycles. The van der Waals surface area contributed by atoms with Crippen molar-refractivity contribution < 1.29 is 14.3 Å². The number of carbonyl (C=O) groups is 1. The van der Waals surface area contributed by atoms with E-state index in [0.29, 0.717) is 0 Å². The van der Waals surface area contributed by atoms with Gasteiger partial charge in [-0.2, -0.15) is 0 Å². The minimum Gasteiger partial charge on any atom is -0.386 e. The van der Waals surface area contributed by atoms with Crippen LogP contribution in [0.25, 0.3) is 10.9 Å². The molecule has 3 rings (SSSR count). The van der Waals surface area contributed by atoms with Gasteiger partial charge in [-0.1, -0.05) is 42.5 Å². The fourth-order valence-corrected chi connectivity index (χ4v) is 2.33.